The summed E-state index contributed by atoms with van der Waals surface area (Å²) in [5, 5.41) is 3.06. The fraction of sp³-hybridized carbons (Fsp3) is 0.571. The molecule has 0 aliphatic heterocycles. The van der Waals surface area contributed by atoms with Crippen LogP contribution in [0, 0.1) is 5.41 Å². The summed E-state index contributed by atoms with van der Waals surface area (Å²) in [5.74, 6) is -0.120. The fourth-order valence-corrected chi connectivity index (χ4v) is 2.65. The summed E-state index contributed by atoms with van der Waals surface area (Å²) in [6.45, 7) is 4.51. The quantitative estimate of drug-likeness (QED) is 0.843. The molecule has 1 saturated carbocycles. The average molecular weight is 247 g/mol. The first-order chi connectivity index (χ1) is 8.46. The molecule has 1 aliphatic carbocycles. The number of carbonyl (C=O) groups excluding carboxylic acids is 1. The second-order valence-corrected chi connectivity index (χ2v) is 5.91. The summed E-state index contributed by atoms with van der Waals surface area (Å²) in [7, 11) is 0. The van der Waals surface area contributed by atoms with Gasteiger partial charge in [0.15, 0.2) is 0 Å². The molecular weight excluding hydrogens is 226 g/mol. The Morgan fingerprint density at radius 1 is 1.56 bits per heavy atom. The van der Waals surface area contributed by atoms with Crippen molar-refractivity contribution in [2.45, 2.75) is 45.6 Å². The van der Waals surface area contributed by atoms with E-state index >= 15 is 0 Å². The van der Waals surface area contributed by atoms with Crippen LogP contribution >= 0.6 is 0 Å². The smallest absolute Gasteiger partial charge is 0.270 e. The van der Waals surface area contributed by atoms with Crippen molar-refractivity contribution in [2.24, 2.45) is 5.41 Å². The first-order valence-corrected chi connectivity index (χ1v) is 6.49. The van der Waals surface area contributed by atoms with Crippen molar-refractivity contribution in [3.05, 3.63) is 24.0 Å². The van der Waals surface area contributed by atoms with E-state index in [-0.39, 0.29) is 11.9 Å². The number of nitrogen functional groups attached to an aromatic ring is 1. The second kappa shape index (κ2) is 4.96. The van der Waals surface area contributed by atoms with Gasteiger partial charge in [0.25, 0.3) is 5.91 Å². The minimum absolute atomic E-state index is 0.120. The maximum atomic E-state index is 12.0. The first-order valence-electron chi connectivity index (χ1n) is 6.49. The van der Waals surface area contributed by atoms with E-state index in [1.165, 1.54) is 12.8 Å². The van der Waals surface area contributed by atoms with E-state index in [4.69, 9.17) is 5.73 Å². The van der Waals surface area contributed by atoms with E-state index in [2.05, 4.69) is 24.1 Å². The van der Waals surface area contributed by atoms with Gasteiger partial charge in [-0.1, -0.05) is 20.3 Å². The highest BCUT2D eigenvalue weighted by molar-refractivity contribution is 5.93. The van der Waals surface area contributed by atoms with E-state index in [0.29, 0.717) is 16.8 Å². The van der Waals surface area contributed by atoms with Crippen LogP contribution in [0.3, 0.4) is 0 Å². The first kappa shape index (κ1) is 12.9. The molecule has 0 radical (unpaired) electrons. The van der Waals surface area contributed by atoms with Gasteiger partial charge < -0.3 is 11.1 Å². The van der Waals surface area contributed by atoms with Crippen LogP contribution < -0.4 is 11.1 Å². The Labute approximate surface area is 108 Å². The summed E-state index contributed by atoms with van der Waals surface area (Å²) >= 11 is 0. The monoisotopic (exact) mass is 247 g/mol. The molecule has 1 unspecified atom stereocenters. The zero-order valence-electron chi connectivity index (χ0n) is 11.1. The van der Waals surface area contributed by atoms with Crippen molar-refractivity contribution in [3.63, 3.8) is 0 Å². The Morgan fingerprint density at radius 3 is 3.00 bits per heavy atom. The molecule has 1 amide bonds. The van der Waals surface area contributed by atoms with Crippen molar-refractivity contribution in [2.75, 3.05) is 5.73 Å². The molecule has 3 N–H and O–H groups in total. The van der Waals surface area contributed by atoms with Gasteiger partial charge in [0, 0.05) is 17.9 Å². The van der Waals surface area contributed by atoms with Crippen LogP contribution in [0.2, 0.25) is 0 Å². The minimum atomic E-state index is -0.120. The third-order valence-electron chi connectivity index (χ3n) is 3.56. The van der Waals surface area contributed by atoms with Gasteiger partial charge in [0.05, 0.1) is 0 Å². The van der Waals surface area contributed by atoms with Crippen molar-refractivity contribution >= 4 is 11.6 Å². The van der Waals surface area contributed by atoms with Gasteiger partial charge in [-0.25, -0.2) is 0 Å². The van der Waals surface area contributed by atoms with E-state index < -0.39 is 0 Å². The summed E-state index contributed by atoms with van der Waals surface area (Å²) < 4.78 is 0. The number of hydrogen-bond donors (Lipinski definition) is 2. The predicted octanol–water partition coefficient (Wildman–Crippen LogP) is 2.36. The number of pyridine rings is 1. The second-order valence-electron chi connectivity index (χ2n) is 5.91. The van der Waals surface area contributed by atoms with Crippen molar-refractivity contribution in [3.8, 4) is 0 Å². The third-order valence-corrected chi connectivity index (χ3v) is 3.56. The summed E-state index contributed by atoms with van der Waals surface area (Å²) in [6.07, 6.45) is 6.05. The molecule has 4 nitrogen and oxygen atoms in total. The van der Waals surface area contributed by atoms with Crippen LogP contribution in [0.4, 0.5) is 5.69 Å². The molecular formula is C14H21N3O. The number of rotatable bonds is 2. The highest BCUT2D eigenvalue weighted by atomic mass is 16.1. The lowest BCUT2D eigenvalue weighted by Gasteiger charge is -2.35. The number of aromatic nitrogens is 1. The zero-order chi connectivity index (χ0) is 13.2. The molecule has 18 heavy (non-hydrogen) atoms. The molecule has 1 aliphatic rings. The number of amides is 1. The molecule has 1 heterocycles. The largest absolute Gasteiger partial charge is 0.399 e. The number of anilines is 1. The summed E-state index contributed by atoms with van der Waals surface area (Å²) in [5.41, 5.74) is 6.94. The van der Waals surface area contributed by atoms with Crippen LogP contribution in [-0.4, -0.2) is 16.9 Å². The average Bonchev–Trinajstić information content (AvgIpc) is 2.27. The standard InChI is InChI=1S/C14H21N3O/c1-14(2)6-3-4-11(9-14)17-13(18)12-8-10(15)5-7-16-12/h5,7-8,11H,3-4,6,9H2,1-2H3,(H2,15,16)(H,17,18). The fourth-order valence-electron chi connectivity index (χ4n) is 2.65. The van der Waals surface area contributed by atoms with Crippen LogP contribution in [0.25, 0.3) is 0 Å². The molecule has 1 aromatic heterocycles. The number of nitrogens with one attached hydrogen (secondary N) is 1. The molecule has 98 valence electrons. The Bertz CT molecular complexity index is 442. The summed E-state index contributed by atoms with van der Waals surface area (Å²) in [4.78, 5) is 16.1. The van der Waals surface area contributed by atoms with Crippen molar-refractivity contribution < 1.29 is 4.79 Å². The molecule has 0 bridgehead atoms. The zero-order valence-corrected chi connectivity index (χ0v) is 11.1. The van der Waals surface area contributed by atoms with Crippen LogP contribution in [-0.2, 0) is 0 Å². The molecule has 0 spiro atoms. The van der Waals surface area contributed by atoms with Gasteiger partial charge >= 0.3 is 0 Å². The lowest BCUT2D eigenvalue weighted by Crippen LogP contribution is -2.40. The van der Waals surface area contributed by atoms with E-state index in [1.54, 1.807) is 18.3 Å². The Kier molecular flexibility index (Phi) is 3.55. The van der Waals surface area contributed by atoms with Gasteiger partial charge in [0.1, 0.15) is 5.69 Å². The number of nitrogens with two attached hydrogens (primary N) is 1. The van der Waals surface area contributed by atoms with E-state index in [0.717, 1.165) is 12.8 Å². The lowest BCUT2D eigenvalue weighted by molar-refractivity contribution is 0.0897. The van der Waals surface area contributed by atoms with Gasteiger partial charge in [-0.3, -0.25) is 9.78 Å². The maximum Gasteiger partial charge on any atom is 0.270 e. The minimum Gasteiger partial charge on any atom is -0.399 e. The molecule has 2 rings (SSSR count). The normalized spacial score (nSPS) is 22.4. The molecule has 0 saturated heterocycles. The molecule has 0 aromatic carbocycles. The van der Waals surface area contributed by atoms with E-state index in [1.807, 2.05) is 0 Å². The topological polar surface area (TPSA) is 68.0 Å². The van der Waals surface area contributed by atoms with Crippen molar-refractivity contribution in [1.82, 2.24) is 10.3 Å². The number of hydrogen-bond acceptors (Lipinski definition) is 3. The van der Waals surface area contributed by atoms with E-state index in [9.17, 15) is 4.79 Å². The summed E-state index contributed by atoms with van der Waals surface area (Å²) in [6, 6.07) is 3.55. The predicted molar refractivity (Wildman–Crippen MR) is 72.2 cm³/mol. The van der Waals surface area contributed by atoms with Gasteiger partial charge in [-0.15, -0.1) is 0 Å². The maximum absolute atomic E-state index is 12.0. The Morgan fingerprint density at radius 2 is 2.33 bits per heavy atom. The molecule has 1 fully saturated rings. The Balaban J connectivity index is 1.99. The molecule has 1 aromatic rings. The highest BCUT2D eigenvalue weighted by Gasteiger charge is 2.29. The lowest BCUT2D eigenvalue weighted by atomic mass is 9.75. The third kappa shape index (κ3) is 3.22. The number of carbonyl (C=O) groups is 1. The Hall–Kier alpha value is -1.58. The van der Waals surface area contributed by atoms with Crippen molar-refractivity contribution in [1.29, 1.82) is 0 Å². The van der Waals surface area contributed by atoms with Gasteiger partial charge in [-0.05, 0) is 36.8 Å². The SMILES string of the molecule is CC1(C)CCCC(NC(=O)c2cc(N)ccn2)C1. The molecule has 4 heteroatoms. The van der Waals surface area contributed by atoms with Crippen LogP contribution in [0.1, 0.15) is 50.0 Å². The van der Waals surface area contributed by atoms with Crippen LogP contribution in [0.5, 0.6) is 0 Å². The molecule has 1 atom stereocenters. The van der Waals surface area contributed by atoms with Crippen LogP contribution in [0.15, 0.2) is 18.3 Å². The highest BCUT2D eigenvalue weighted by Crippen LogP contribution is 2.35. The van der Waals surface area contributed by atoms with Gasteiger partial charge in [-0.2, -0.15) is 0 Å². The van der Waals surface area contributed by atoms with Gasteiger partial charge in [0.2, 0.25) is 0 Å². The number of nitrogens with zero attached hydrogens (tertiary/aromatic N) is 1.